The van der Waals surface area contributed by atoms with Crippen molar-refractivity contribution < 1.29 is 5.11 Å². The molecule has 0 saturated carbocycles. The molecule has 1 nitrogen and oxygen atoms in total. The number of hydrogen-bond donors (Lipinski definition) is 1. The fraction of sp³-hybridized carbons (Fsp3) is 0.200. The highest BCUT2D eigenvalue weighted by Gasteiger charge is 1.91. The SMILES string of the molecule is C=Cc1ccc(SCCO)cc1. The fourth-order valence-electron chi connectivity index (χ4n) is 0.864. The van der Waals surface area contributed by atoms with Crippen LogP contribution in [0.2, 0.25) is 0 Å². The van der Waals surface area contributed by atoms with Crippen LogP contribution in [0, 0.1) is 0 Å². The summed E-state index contributed by atoms with van der Waals surface area (Å²) in [6, 6.07) is 8.12. The molecule has 0 amide bonds. The zero-order valence-corrected chi connectivity index (χ0v) is 7.68. The van der Waals surface area contributed by atoms with Gasteiger partial charge in [0, 0.05) is 10.6 Å². The van der Waals surface area contributed by atoms with Gasteiger partial charge in [0.2, 0.25) is 0 Å². The van der Waals surface area contributed by atoms with Crippen LogP contribution in [0.15, 0.2) is 35.7 Å². The summed E-state index contributed by atoms with van der Waals surface area (Å²) in [7, 11) is 0. The number of benzene rings is 1. The number of thioether (sulfide) groups is 1. The van der Waals surface area contributed by atoms with E-state index in [1.165, 1.54) is 4.90 Å². The highest BCUT2D eigenvalue weighted by Crippen LogP contribution is 2.17. The summed E-state index contributed by atoms with van der Waals surface area (Å²) in [6.07, 6.45) is 1.82. The Morgan fingerprint density at radius 1 is 1.33 bits per heavy atom. The largest absolute Gasteiger partial charge is 0.396 e. The molecule has 64 valence electrons. The van der Waals surface area contributed by atoms with Crippen LogP contribution < -0.4 is 0 Å². The molecule has 1 aromatic carbocycles. The van der Waals surface area contributed by atoms with E-state index in [2.05, 4.69) is 6.58 Å². The first-order valence-electron chi connectivity index (χ1n) is 3.83. The maximum Gasteiger partial charge on any atom is 0.0525 e. The van der Waals surface area contributed by atoms with Crippen LogP contribution in [-0.4, -0.2) is 17.5 Å². The van der Waals surface area contributed by atoms with Crippen LogP contribution in [0.3, 0.4) is 0 Å². The Kier molecular flexibility index (Phi) is 3.91. The summed E-state index contributed by atoms with van der Waals surface area (Å²) in [5.41, 5.74) is 1.13. The summed E-state index contributed by atoms with van der Waals surface area (Å²) >= 11 is 1.66. The van der Waals surface area contributed by atoms with E-state index >= 15 is 0 Å². The maximum absolute atomic E-state index is 8.59. The van der Waals surface area contributed by atoms with Crippen LogP contribution in [0.1, 0.15) is 5.56 Å². The molecule has 1 aromatic rings. The van der Waals surface area contributed by atoms with E-state index in [9.17, 15) is 0 Å². The monoisotopic (exact) mass is 180 g/mol. The lowest BCUT2D eigenvalue weighted by atomic mass is 10.2. The second-order valence-corrected chi connectivity index (χ2v) is 3.51. The summed E-state index contributed by atoms with van der Waals surface area (Å²) in [4.78, 5) is 1.19. The first-order valence-corrected chi connectivity index (χ1v) is 4.81. The lowest BCUT2D eigenvalue weighted by Gasteiger charge is -1.99. The maximum atomic E-state index is 8.59. The second kappa shape index (κ2) is 5.01. The molecule has 0 unspecified atom stereocenters. The average molecular weight is 180 g/mol. The predicted octanol–water partition coefficient (Wildman–Crippen LogP) is 2.41. The number of aliphatic hydroxyl groups excluding tert-OH is 1. The van der Waals surface area contributed by atoms with Gasteiger partial charge in [-0.2, -0.15) is 0 Å². The molecule has 0 atom stereocenters. The first kappa shape index (κ1) is 9.36. The van der Waals surface area contributed by atoms with E-state index in [0.717, 1.165) is 11.3 Å². The van der Waals surface area contributed by atoms with Crippen molar-refractivity contribution in [2.75, 3.05) is 12.4 Å². The molecule has 0 bridgehead atoms. The van der Waals surface area contributed by atoms with Gasteiger partial charge in [-0.3, -0.25) is 0 Å². The lowest BCUT2D eigenvalue weighted by Crippen LogP contribution is -1.84. The Balaban J connectivity index is 2.58. The Bertz CT molecular complexity index is 241. The van der Waals surface area contributed by atoms with E-state index in [4.69, 9.17) is 5.11 Å². The molecule has 1 N–H and O–H groups in total. The van der Waals surface area contributed by atoms with Crippen molar-refractivity contribution in [3.8, 4) is 0 Å². The summed E-state index contributed by atoms with van der Waals surface area (Å²) < 4.78 is 0. The Hall–Kier alpha value is -0.730. The molecule has 1 rings (SSSR count). The zero-order chi connectivity index (χ0) is 8.81. The smallest absolute Gasteiger partial charge is 0.0525 e. The first-order chi connectivity index (χ1) is 5.86. The standard InChI is InChI=1S/C10H12OS/c1-2-9-3-5-10(6-4-9)12-8-7-11/h2-6,11H,1,7-8H2. The molecule has 0 radical (unpaired) electrons. The van der Waals surface area contributed by atoms with Crippen LogP contribution >= 0.6 is 11.8 Å². The second-order valence-electron chi connectivity index (χ2n) is 2.35. The van der Waals surface area contributed by atoms with Gasteiger partial charge in [0.1, 0.15) is 0 Å². The Morgan fingerprint density at radius 2 is 2.00 bits per heavy atom. The van der Waals surface area contributed by atoms with Crippen molar-refractivity contribution in [3.05, 3.63) is 36.4 Å². The van der Waals surface area contributed by atoms with Crippen molar-refractivity contribution in [2.24, 2.45) is 0 Å². The lowest BCUT2D eigenvalue weighted by molar-refractivity contribution is 0.322. The fourth-order valence-corrected chi connectivity index (χ4v) is 1.52. The molecule has 0 fully saturated rings. The van der Waals surface area contributed by atoms with E-state index in [-0.39, 0.29) is 6.61 Å². The van der Waals surface area contributed by atoms with Gasteiger partial charge in [-0.1, -0.05) is 24.8 Å². The van der Waals surface area contributed by atoms with Gasteiger partial charge >= 0.3 is 0 Å². The van der Waals surface area contributed by atoms with Gasteiger partial charge in [0.05, 0.1) is 6.61 Å². The quantitative estimate of drug-likeness (QED) is 0.718. The molecular formula is C10H12OS. The molecule has 0 aromatic heterocycles. The van der Waals surface area contributed by atoms with Gasteiger partial charge in [0.15, 0.2) is 0 Å². The topological polar surface area (TPSA) is 20.2 Å². The molecule has 0 spiro atoms. The van der Waals surface area contributed by atoms with Crippen molar-refractivity contribution in [3.63, 3.8) is 0 Å². The third-order valence-electron chi connectivity index (χ3n) is 1.48. The van der Waals surface area contributed by atoms with E-state index in [0.29, 0.717) is 0 Å². The van der Waals surface area contributed by atoms with Gasteiger partial charge in [0.25, 0.3) is 0 Å². The molecule has 0 saturated heterocycles. The van der Waals surface area contributed by atoms with Crippen molar-refractivity contribution in [1.29, 1.82) is 0 Å². The Labute approximate surface area is 77.1 Å². The molecule has 0 heterocycles. The number of aliphatic hydroxyl groups is 1. The van der Waals surface area contributed by atoms with Gasteiger partial charge in [-0.05, 0) is 17.7 Å². The van der Waals surface area contributed by atoms with Crippen LogP contribution in [0.5, 0.6) is 0 Å². The minimum absolute atomic E-state index is 0.230. The highest BCUT2D eigenvalue weighted by molar-refractivity contribution is 7.99. The third-order valence-corrected chi connectivity index (χ3v) is 2.47. The minimum atomic E-state index is 0.230. The van der Waals surface area contributed by atoms with Crippen molar-refractivity contribution in [1.82, 2.24) is 0 Å². The minimum Gasteiger partial charge on any atom is -0.396 e. The summed E-state index contributed by atoms with van der Waals surface area (Å²) in [5, 5.41) is 8.59. The van der Waals surface area contributed by atoms with E-state index < -0.39 is 0 Å². The predicted molar refractivity (Wildman–Crippen MR) is 54.3 cm³/mol. The third kappa shape index (κ3) is 2.72. The highest BCUT2D eigenvalue weighted by atomic mass is 32.2. The molecule has 2 heteroatoms. The molecule has 12 heavy (non-hydrogen) atoms. The van der Waals surface area contributed by atoms with E-state index in [1.807, 2.05) is 30.3 Å². The van der Waals surface area contributed by atoms with Crippen LogP contribution in [0.4, 0.5) is 0 Å². The van der Waals surface area contributed by atoms with Gasteiger partial charge < -0.3 is 5.11 Å². The molecular weight excluding hydrogens is 168 g/mol. The molecule has 0 aliphatic heterocycles. The van der Waals surface area contributed by atoms with Crippen molar-refractivity contribution in [2.45, 2.75) is 4.90 Å². The van der Waals surface area contributed by atoms with Gasteiger partial charge in [-0.15, -0.1) is 11.8 Å². The Morgan fingerprint density at radius 3 is 2.50 bits per heavy atom. The molecule has 0 aliphatic rings. The van der Waals surface area contributed by atoms with E-state index in [1.54, 1.807) is 11.8 Å². The zero-order valence-electron chi connectivity index (χ0n) is 6.86. The summed E-state index contributed by atoms with van der Waals surface area (Å²) in [6.45, 7) is 3.91. The number of rotatable bonds is 4. The summed E-state index contributed by atoms with van der Waals surface area (Å²) in [5.74, 6) is 0.757. The number of hydrogen-bond acceptors (Lipinski definition) is 2. The van der Waals surface area contributed by atoms with Crippen molar-refractivity contribution >= 4 is 17.8 Å². The normalized spacial score (nSPS) is 9.75. The van der Waals surface area contributed by atoms with Crippen LogP contribution in [0.25, 0.3) is 6.08 Å². The van der Waals surface area contributed by atoms with Gasteiger partial charge in [-0.25, -0.2) is 0 Å². The van der Waals surface area contributed by atoms with Crippen LogP contribution in [-0.2, 0) is 0 Å². The molecule has 0 aliphatic carbocycles. The average Bonchev–Trinajstić information content (AvgIpc) is 2.15.